The van der Waals surface area contributed by atoms with Crippen LogP contribution in [-0.2, 0) is 14.3 Å². The van der Waals surface area contributed by atoms with Gasteiger partial charge in [-0.15, -0.1) is 0 Å². The van der Waals surface area contributed by atoms with E-state index in [0.29, 0.717) is 11.3 Å². The van der Waals surface area contributed by atoms with Crippen LogP contribution in [0.2, 0.25) is 0 Å². The van der Waals surface area contributed by atoms with Crippen molar-refractivity contribution in [3.8, 4) is 0 Å². The first-order chi connectivity index (χ1) is 14.9. The lowest BCUT2D eigenvalue weighted by Gasteiger charge is -2.28. The predicted octanol–water partition coefficient (Wildman–Crippen LogP) is 5.09. The summed E-state index contributed by atoms with van der Waals surface area (Å²) in [5, 5.41) is 2.81. The van der Waals surface area contributed by atoms with E-state index >= 15 is 0 Å². The smallest absolute Gasteiger partial charge is 0.310 e. The highest BCUT2D eigenvalue weighted by atomic mass is 79.9. The van der Waals surface area contributed by atoms with Crippen LogP contribution in [0.4, 0.5) is 5.69 Å². The summed E-state index contributed by atoms with van der Waals surface area (Å²) in [4.78, 5) is 38.5. The predicted molar refractivity (Wildman–Crippen MR) is 122 cm³/mol. The summed E-state index contributed by atoms with van der Waals surface area (Å²) in [6.45, 7) is 3.54. The zero-order chi connectivity index (χ0) is 22.1. The Bertz CT molecular complexity index is 1020. The number of benzene rings is 2. The summed E-state index contributed by atoms with van der Waals surface area (Å²) in [5.74, 6) is -1.23. The molecular formula is C25H26BrNO4. The number of rotatable bonds is 6. The van der Waals surface area contributed by atoms with Gasteiger partial charge in [0.2, 0.25) is 0 Å². The van der Waals surface area contributed by atoms with E-state index in [4.69, 9.17) is 4.74 Å². The van der Waals surface area contributed by atoms with Crippen LogP contribution >= 0.6 is 15.9 Å². The SMILES string of the molecule is Cc1c(Br)ccc(NC(=O)COC(=O)[C@H]2[C@H]3CC[C@@H](C3)[C@@H]2C(=O)c2ccccc2)c1C. The molecule has 5 nitrogen and oxygen atoms in total. The number of fused-ring (bicyclic) bond motifs is 2. The van der Waals surface area contributed by atoms with E-state index in [1.807, 2.05) is 44.2 Å². The average Bonchev–Trinajstić information content (AvgIpc) is 3.40. The molecule has 0 unspecified atom stereocenters. The molecule has 2 aliphatic rings. The Morgan fingerprint density at radius 2 is 1.65 bits per heavy atom. The van der Waals surface area contributed by atoms with Gasteiger partial charge in [-0.1, -0.05) is 46.3 Å². The summed E-state index contributed by atoms with van der Waals surface area (Å²) >= 11 is 3.47. The molecule has 2 aromatic rings. The Kier molecular flexibility index (Phi) is 6.28. The molecule has 4 rings (SSSR count). The molecule has 4 atom stereocenters. The number of anilines is 1. The fraction of sp³-hybridized carbons (Fsp3) is 0.400. The Labute approximate surface area is 190 Å². The maximum atomic E-state index is 13.1. The highest BCUT2D eigenvalue weighted by Gasteiger charge is 2.54. The lowest BCUT2D eigenvalue weighted by atomic mass is 9.75. The van der Waals surface area contributed by atoms with Gasteiger partial charge in [-0.3, -0.25) is 14.4 Å². The number of ether oxygens (including phenoxy) is 1. The standard InChI is InChI=1S/C25H26BrNO4/c1-14-15(2)20(11-10-19(14)26)27-21(28)13-31-25(30)23-18-9-8-17(12-18)22(23)24(29)16-6-4-3-5-7-16/h3-7,10-11,17-18,22-23H,8-9,12-13H2,1-2H3,(H,27,28)/t17-,18-,22-,23-/m0/s1. The number of amides is 1. The summed E-state index contributed by atoms with van der Waals surface area (Å²) in [6, 6.07) is 12.8. The third kappa shape index (κ3) is 4.31. The van der Waals surface area contributed by atoms with Gasteiger partial charge < -0.3 is 10.1 Å². The maximum Gasteiger partial charge on any atom is 0.310 e. The van der Waals surface area contributed by atoms with Crippen LogP contribution in [0.1, 0.15) is 40.7 Å². The summed E-state index contributed by atoms with van der Waals surface area (Å²) < 4.78 is 6.38. The van der Waals surface area contributed by atoms with Crippen molar-refractivity contribution in [3.05, 3.63) is 63.6 Å². The molecule has 2 saturated carbocycles. The van der Waals surface area contributed by atoms with Crippen LogP contribution in [0.15, 0.2) is 46.9 Å². The molecule has 0 spiro atoms. The molecule has 0 radical (unpaired) electrons. The van der Waals surface area contributed by atoms with Crippen LogP contribution in [-0.4, -0.2) is 24.3 Å². The van der Waals surface area contributed by atoms with Gasteiger partial charge in [-0.2, -0.15) is 0 Å². The van der Waals surface area contributed by atoms with Gasteiger partial charge in [0.05, 0.1) is 5.92 Å². The van der Waals surface area contributed by atoms with Crippen molar-refractivity contribution < 1.29 is 19.1 Å². The van der Waals surface area contributed by atoms with Gasteiger partial charge in [0, 0.05) is 21.6 Å². The van der Waals surface area contributed by atoms with Crippen LogP contribution in [0.3, 0.4) is 0 Å². The number of nitrogens with one attached hydrogen (secondary N) is 1. The van der Waals surface area contributed by atoms with Crippen molar-refractivity contribution in [2.45, 2.75) is 33.1 Å². The summed E-state index contributed by atoms with van der Waals surface area (Å²) in [7, 11) is 0. The van der Waals surface area contributed by atoms with Crippen molar-refractivity contribution >= 4 is 39.3 Å². The van der Waals surface area contributed by atoms with Crippen molar-refractivity contribution in [3.63, 3.8) is 0 Å². The monoisotopic (exact) mass is 483 g/mol. The second-order valence-electron chi connectivity index (χ2n) is 8.62. The minimum absolute atomic E-state index is 0.0140. The van der Waals surface area contributed by atoms with Crippen molar-refractivity contribution in [1.29, 1.82) is 0 Å². The second-order valence-corrected chi connectivity index (χ2v) is 9.47. The molecule has 1 amide bonds. The van der Waals surface area contributed by atoms with Crippen molar-refractivity contribution in [2.24, 2.45) is 23.7 Å². The van der Waals surface area contributed by atoms with Gasteiger partial charge in [-0.05, 0) is 68.2 Å². The van der Waals surface area contributed by atoms with Crippen molar-refractivity contribution in [1.82, 2.24) is 0 Å². The third-order valence-corrected chi connectivity index (χ3v) is 7.75. The summed E-state index contributed by atoms with van der Waals surface area (Å²) in [6.07, 6.45) is 2.79. The first-order valence-electron chi connectivity index (χ1n) is 10.7. The first-order valence-corrected chi connectivity index (χ1v) is 11.5. The largest absolute Gasteiger partial charge is 0.455 e. The van der Waals surface area contributed by atoms with Gasteiger partial charge in [0.25, 0.3) is 5.91 Å². The van der Waals surface area contributed by atoms with Crippen LogP contribution in [0.25, 0.3) is 0 Å². The Morgan fingerprint density at radius 3 is 2.35 bits per heavy atom. The molecule has 0 saturated heterocycles. The number of halogens is 1. The Morgan fingerprint density at radius 1 is 0.968 bits per heavy atom. The number of carbonyl (C=O) groups excluding carboxylic acids is 3. The molecule has 2 aromatic carbocycles. The topological polar surface area (TPSA) is 72.5 Å². The molecular weight excluding hydrogens is 458 g/mol. The van der Waals surface area contributed by atoms with E-state index in [0.717, 1.165) is 34.9 Å². The molecule has 162 valence electrons. The van der Waals surface area contributed by atoms with E-state index in [-0.39, 0.29) is 36.1 Å². The molecule has 0 heterocycles. The minimum Gasteiger partial charge on any atom is -0.455 e. The second kappa shape index (κ2) is 8.95. The minimum atomic E-state index is -0.462. The highest BCUT2D eigenvalue weighted by molar-refractivity contribution is 9.10. The van der Waals surface area contributed by atoms with Crippen LogP contribution in [0.5, 0.6) is 0 Å². The molecule has 0 aromatic heterocycles. The lowest BCUT2D eigenvalue weighted by Crippen LogP contribution is -2.37. The molecule has 2 aliphatic carbocycles. The van der Waals surface area contributed by atoms with Crippen molar-refractivity contribution in [2.75, 3.05) is 11.9 Å². The normalized spacial score (nSPS) is 24.1. The van der Waals surface area contributed by atoms with Gasteiger partial charge in [-0.25, -0.2) is 0 Å². The molecule has 31 heavy (non-hydrogen) atoms. The number of Topliss-reactive ketones (excluding diaryl/α,β-unsaturated/α-hetero) is 1. The highest BCUT2D eigenvalue weighted by Crippen LogP contribution is 2.53. The van der Waals surface area contributed by atoms with Crippen LogP contribution in [0, 0.1) is 37.5 Å². The van der Waals surface area contributed by atoms with E-state index < -0.39 is 11.9 Å². The lowest BCUT2D eigenvalue weighted by molar-refractivity contribution is -0.154. The molecule has 1 N–H and O–H groups in total. The number of ketones is 1. The van der Waals surface area contributed by atoms with Gasteiger partial charge in [0.15, 0.2) is 12.4 Å². The maximum absolute atomic E-state index is 13.1. The number of hydrogen-bond donors (Lipinski definition) is 1. The fourth-order valence-electron chi connectivity index (χ4n) is 5.14. The zero-order valence-corrected chi connectivity index (χ0v) is 19.3. The number of carbonyl (C=O) groups is 3. The van der Waals surface area contributed by atoms with E-state index in [1.54, 1.807) is 12.1 Å². The number of hydrogen-bond acceptors (Lipinski definition) is 4. The fourth-order valence-corrected chi connectivity index (χ4v) is 5.57. The zero-order valence-electron chi connectivity index (χ0n) is 17.7. The molecule has 0 aliphatic heterocycles. The van der Waals surface area contributed by atoms with E-state index in [2.05, 4.69) is 21.2 Å². The van der Waals surface area contributed by atoms with Gasteiger partial charge >= 0.3 is 5.97 Å². The molecule has 2 bridgehead atoms. The first kappa shape index (κ1) is 21.8. The number of esters is 1. The van der Waals surface area contributed by atoms with E-state index in [1.165, 1.54) is 0 Å². The Hall–Kier alpha value is -2.47. The Balaban J connectivity index is 1.41. The summed E-state index contributed by atoms with van der Waals surface area (Å²) in [5.41, 5.74) is 3.32. The van der Waals surface area contributed by atoms with E-state index in [9.17, 15) is 14.4 Å². The van der Waals surface area contributed by atoms with Gasteiger partial charge in [0.1, 0.15) is 0 Å². The molecule has 6 heteroatoms. The third-order valence-electron chi connectivity index (χ3n) is 6.89. The molecule has 2 fully saturated rings. The average molecular weight is 484 g/mol. The van der Waals surface area contributed by atoms with Crippen LogP contribution < -0.4 is 5.32 Å². The quantitative estimate of drug-likeness (QED) is 0.458.